The van der Waals surface area contributed by atoms with Crippen LogP contribution in [0, 0.1) is 6.92 Å². The summed E-state index contributed by atoms with van der Waals surface area (Å²) in [5.41, 5.74) is 2.12. The zero-order valence-corrected chi connectivity index (χ0v) is 12.5. The van der Waals surface area contributed by atoms with E-state index in [0.29, 0.717) is 5.75 Å². The van der Waals surface area contributed by atoms with Gasteiger partial charge >= 0.3 is 0 Å². The lowest BCUT2D eigenvalue weighted by Gasteiger charge is -2.19. The fourth-order valence-corrected chi connectivity index (χ4v) is 2.01. The lowest BCUT2D eigenvalue weighted by molar-refractivity contribution is -0.127. The molecule has 2 rings (SSSR count). The van der Waals surface area contributed by atoms with E-state index in [1.165, 1.54) is 0 Å². The highest BCUT2D eigenvalue weighted by Crippen LogP contribution is 2.15. The maximum atomic E-state index is 12.2. The smallest absolute Gasteiger partial charge is 0.261 e. The Morgan fingerprint density at radius 3 is 2.57 bits per heavy atom. The first-order valence-corrected chi connectivity index (χ1v) is 7.00. The van der Waals surface area contributed by atoms with Gasteiger partial charge in [0.25, 0.3) is 5.91 Å². The molecule has 4 heteroatoms. The van der Waals surface area contributed by atoms with Crippen molar-refractivity contribution in [2.24, 2.45) is 0 Å². The lowest BCUT2D eigenvalue weighted by Crippen LogP contribution is -2.37. The van der Waals surface area contributed by atoms with Crippen molar-refractivity contribution in [2.75, 3.05) is 0 Å². The van der Waals surface area contributed by atoms with Crippen LogP contribution in [0.5, 0.6) is 5.75 Å². The summed E-state index contributed by atoms with van der Waals surface area (Å²) in [5.74, 6) is 0.565. The van der Waals surface area contributed by atoms with Crippen LogP contribution in [0.3, 0.4) is 0 Å². The van der Waals surface area contributed by atoms with Gasteiger partial charge in [0.15, 0.2) is 6.10 Å². The zero-order chi connectivity index (χ0) is 15.2. The molecule has 2 unspecified atom stereocenters. The van der Waals surface area contributed by atoms with E-state index in [2.05, 4.69) is 10.3 Å². The standard InChI is InChI=1S/C17H20N2O2/c1-12-5-4-6-16(11-12)21-14(3)17(20)19-13(2)15-7-9-18-10-8-15/h4-11,13-14H,1-3H3,(H,19,20). The summed E-state index contributed by atoms with van der Waals surface area (Å²) in [6.07, 6.45) is 2.88. The number of benzene rings is 1. The molecule has 0 fully saturated rings. The summed E-state index contributed by atoms with van der Waals surface area (Å²) >= 11 is 0. The Balaban J connectivity index is 1.94. The average Bonchev–Trinajstić information content (AvgIpc) is 2.48. The Hall–Kier alpha value is -2.36. The van der Waals surface area contributed by atoms with Crippen LogP contribution in [0.15, 0.2) is 48.8 Å². The van der Waals surface area contributed by atoms with E-state index in [-0.39, 0.29) is 11.9 Å². The minimum atomic E-state index is -0.545. The molecule has 21 heavy (non-hydrogen) atoms. The van der Waals surface area contributed by atoms with Crippen LogP contribution >= 0.6 is 0 Å². The van der Waals surface area contributed by atoms with Crippen molar-refractivity contribution in [3.8, 4) is 5.75 Å². The van der Waals surface area contributed by atoms with E-state index in [4.69, 9.17) is 4.74 Å². The molecular formula is C17H20N2O2. The molecule has 0 aliphatic rings. The molecule has 0 aliphatic carbocycles. The first-order valence-electron chi connectivity index (χ1n) is 7.00. The number of aryl methyl sites for hydroxylation is 1. The van der Waals surface area contributed by atoms with Crippen molar-refractivity contribution in [3.63, 3.8) is 0 Å². The van der Waals surface area contributed by atoms with E-state index in [1.807, 2.05) is 50.2 Å². The van der Waals surface area contributed by atoms with Crippen molar-refractivity contribution in [3.05, 3.63) is 59.9 Å². The van der Waals surface area contributed by atoms with E-state index in [9.17, 15) is 4.79 Å². The molecular weight excluding hydrogens is 264 g/mol. The monoisotopic (exact) mass is 284 g/mol. The van der Waals surface area contributed by atoms with Gasteiger partial charge in [0.1, 0.15) is 5.75 Å². The Morgan fingerprint density at radius 1 is 1.19 bits per heavy atom. The number of rotatable bonds is 5. The van der Waals surface area contributed by atoms with Gasteiger partial charge in [0.2, 0.25) is 0 Å². The van der Waals surface area contributed by atoms with Gasteiger partial charge in [-0.15, -0.1) is 0 Å². The molecule has 1 amide bonds. The SMILES string of the molecule is Cc1cccc(OC(C)C(=O)NC(C)c2ccncc2)c1. The molecule has 0 saturated heterocycles. The van der Waals surface area contributed by atoms with Crippen LogP contribution in [0.4, 0.5) is 0 Å². The van der Waals surface area contributed by atoms with Crippen LogP contribution in [0.1, 0.15) is 31.0 Å². The number of aromatic nitrogens is 1. The summed E-state index contributed by atoms with van der Waals surface area (Å²) in [4.78, 5) is 16.1. The van der Waals surface area contributed by atoms with E-state index < -0.39 is 6.10 Å². The fraction of sp³-hybridized carbons (Fsp3) is 0.294. The van der Waals surface area contributed by atoms with Crippen molar-refractivity contribution in [1.29, 1.82) is 0 Å². The largest absolute Gasteiger partial charge is 0.481 e. The number of hydrogen-bond acceptors (Lipinski definition) is 3. The Labute approximate surface area is 125 Å². The molecule has 0 aliphatic heterocycles. The van der Waals surface area contributed by atoms with Gasteiger partial charge in [0.05, 0.1) is 6.04 Å². The molecule has 0 spiro atoms. The van der Waals surface area contributed by atoms with Crippen LogP contribution in [0.2, 0.25) is 0 Å². The summed E-state index contributed by atoms with van der Waals surface area (Å²) in [7, 11) is 0. The molecule has 1 N–H and O–H groups in total. The molecule has 0 radical (unpaired) electrons. The number of carbonyl (C=O) groups is 1. The van der Waals surface area contributed by atoms with Gasteiger partial charge in [-0.2, -0.15) is 0 Å². The topological polar surface area (TPSA) is 51.2 Å². The molecule has 2 aromatic rings. The summed E-state index contributed by atoms with van der Waals surface area (Å²) in [6.45, 7) is 5.67. The summed E-state index contributed by atoms with van der Waals surface area (Å²) < 4.78 is 5.67. The predicted octanol–water partition coefficient (Wildman–Crippen LogP) is 3.03. The minimum absolute atomic E-state index is 0.0796. The zero-order valence-electron chi connectivity index (χ0n) is 12.5. The van der Waals surface area contributed by atoms with Gasteiger partial charge in [0, 0.05) is 12.4 Å². The first kappa shape index (κ1) is 15.0. The van der Waals surface area contributed by atoms with Gasteiger partial charge in [-0.05, 0) is 56.2 Å². The van der Waals surface area contributed by atoms with E-state index in [1.54, 1.807) is 19.3 Å². The first-order chi connectivity index (χ1) is 10.1. The van der Waals surface area contributed by atoms with Crippen LogP contribution < -0.4 is 10.1 Å². The summed E-state index contributed by atoms with van der Waals surface area (Å²) in [6, 6.07) is 11.4. The number of nitrogens with zero attached hydrogens (tertiary/aromatic N) is 1. The van der Waals surface area contributed by atoms with Gasteiger partial charge in [-0.25, -0.2) is 0 Å². The summed E-state index contributed by atoms with van der Waals surface area (Å²) in [5, 5.41) is 2.94. The molecule has 1 aromatic carbocycles. The number of hydrogen-bond donors (Lipinski definition) is 1. The number of amides is 1. The number of ether oxygens (including phenoxy) is 1. The Bertz CT molecular complexity index is 599. The van der Waals surface area contributed by atoms with E-state index in [0.717, 1.165) is 11.1 Å². The third kappa shape index (κ3) is 4.31. The molecule has 110 valence electrons. The van der Waals surface area contributed by atoms with Crippen molar-refractivity contribution < 1.29 is 9.53 Å². The molecule has 0 bridgehead atoms. The molecule has 0 saturated carbocycles. The highest BCUT2D eigenvalue weighted by molar-refractivity contribution is 5.81. The second kappa shape index (κ2) is 6.88. The number of pyridine rings is 1. The maximum absolute atomic E-state index is 12.2. The highest BCUT2D eigenvalue weighted by atomic mass is 16.5. The van der Waals surface area contributed by atoms with Crippen LogP contribution in [-0.2, 0) is 4.79 Å². The normalized spacial score (nSPS) is 13.3. The predicted molar refractivity (Wildman–Crippen MR) is 82.1 cm³/mol. The molecule has 1 aromatic heterocycles. The Kier molecular flexibility index (Phi) is 4.93. The Morgan fingerprint density at radius 2 is 1.90 bits per heavy atom. The van der Waals surface area contributed by atoms with Gasteiger partial charge < -0.3 is 10.1 Å². The highest BCUT2D eigenvalue weighted by Gasteiger charge is 2.17. The average molecular weight is 284 g/mol. The van der Waals surface area contributed by atoms with Gasteiger partial charge in [-0.3, -0.25) is 9.78 Å². The third-order valence-corrected chi connectivity index (χ3v) is 3.24. The number of nitrogens with one attached hydrogen (secondary N) is 1. The lowest BCUT2D eigenvalue weighted by atomic mass is 10.1. The minimum Gasteiger partial charge on any atom is -0.481 e. The maximum Gasteiger partial charge on any atom is 0.261 e. The second-order valence-corrected chi connectivity index (χ2v) is 5.09. The van der Waals surface area contributed by atoms with Crippen molar-refractivity contribution in [2.45, 2.75) is 32.9 Å². The van der Waals surface area contributed by atoms with Crippen LogP contribution in [-0.4, -0.2) is 17.0 Å². The number of carbonyl (C=O) groups excluding carboxylic acids is 1. The third-order valence-electron chi connectivity index (χ3n) is 3.24. The molecule has 2 atom stereocenters. The molecule has 1 heterocycles. The van der Waals surface area contributed by atoms with Crippen molar-refractivity contribution >= 4 is 5.91 Å². The van der Waals surface area contributed by atoms with Crippen molar-refractivity contribution in [1.82, 2.24) is 10.3 Å². The van der Waals surface area contributed by atoms with Crippen LogP contribution in [0.25, 0.3) is 0 Å². The molecule has 4 nitrogen and oxygen atoms in total. The van der Waals surface area contributed by atoms with E-state index >= 15 is 0 Å². The fourth-order valence-electron chi connectivity index (χ4n) is 2.01. The van der Waals surface area contributed by atoms with Gasteiger partial charge in [-0.1, -0.05) is 12.1 Å². The quantitative estimate of drug-likeness (QED) is 0.918. The second-order valence-electron chi connectivity index (χ2n) is 5.09.